The molecule has 1 heterocycles. The van der Waals surface area contributed by atoms with Gasteiger partial charge in [0.15, 0.2) is 0 Å². The standard InChI is InChI=1S/C13H15N3O2SSe/c1-10-4-6-11(7-5-10)19(17,18)14-12(20)13-15(2)8-9-16(13)3/h4-9H,1-3H3/p+1. The first-order valence-electron chi connectivity index (χ1n) is 5.93. The molecule has 0 aliphatic heterocycles. The Balaban J connectivity index is 2.46. The Morgan fingerprint density at radius 1 is 1.40 bits per heavy atom. The van der Waals surface area contributed by atoms with E-state index in [-0.39, 0.29) is 0 Å². The van der Waals surface area contributed by atoms with Crippen molar-refractivity contribution in [3.05, 3.63) is 48.0 Å². The molecular weight excluding hydrogens is 341 g/mol. The van der Waals surface area contributed by atoms with Crippen molar-refractivity contribution < 1.29 is 13.3 Å². The molecule has 5 nitrogen and oxygen atoms in total. The summed E-state index contributed by atoms with van der Waals surface area (Å²) in [4.78, 5) is 0.299. The molecule has 0 aliphatic carbocycles. The van der Waals surface area contributed by atoms with Gasteiger partial charge in [0.2, 0.25) is 0 Å². The second-order valence-corrected chi connectivity index (χ2v) is 7.01. The van der Waals surface area contributed by atoms with Crippen LogP contribution in [0.1, 0.15) is 11.4 Å². The summed E-state index contributed by atoms with van der Waals surface area (Å²) >= 11 is 2.77. The van der Waals surface area contributed by atoms with Crippen molar-refractivity contribution in [2.45, 2.75) is 11.8 Å². The number of imidazole rings is 1. The minimum atomic E-state index is -3.46. The molecule has 0 spiro atoms. The molecular formula is C13H16N3O2SSe+. The van der Waals surface area contributed by atoms with Gasteiger partial charge in [-0.1, -0.05) is 0 Å². The van der Waals surface area contributed by atoms with Crippen LogP contribution in [-0.2, 0) is 24.1 Å². The van der Waals surface area contributed by atoms with E-state index in [0.717, 1.165) is 11.4 Å². The maximum atomic E-state index is 12.4. The number of aromatic nitrogens is 2. The van der Waals surface area contributed by atoms with Crippen LogP contribution in [0.25, 0.3) is 0 Å². The molecule has 0 bridgehead atoms. The van der Waals surface area contributed by atoms with Crippen LogP contribution >= 0.6 is 0 Å². The van der Waals surface area contributed by atoms with Gasteiger partial charge in [0.05, 0.1) is 0 Å². The number of aryl methyl sites for hydroxylation is 3. The number of rotatable bonds is 3. The predicted molar refractivity (Wildman–Crippen MR) is 79.1 cm³/mol. The third-order valence-corrected chi connectivity index (χ3v) is 5.06. The maximum absolute atomic E-state index is 12.4. The van der Waals surface area contributed by atoms with E-state index in [1.165, 1.54) is 0 Å². The molecule has 1 atom stereocenters. The summed E-state index contributed by atoms with van der Waals surface area (Å²) in [5.74, 6) is 0.735. The summed E-state index contributed by atoms with van der Waals surface area (Å²) in [5, 5.41) is 0. The van der Waals surface area contributed by atoms with Crippen molar-refractivity contribution in [2.24, 2.45) is 18.5 Å². The second-order valence-electron chi connectivity index (χ2n) is 4.55. The molecule has 0 saturated carbocycles. The fourth-order valence-corrected chi connectivity index (χ4v) is 3.96. The third-order valence-electron chi connectivity index (χ3n) is 2.91. The molecule has 1 unspecified atom stereocenters. The molecule has 20 heavy (non-hydrogen) atoms. The van der Waals surface area contributed by atoms with Gasteiger partial charge in [0, 0.05) is 0 Å². The van der Waals surface area contributed by atoms with Crippen LogP contribution in [0.15, 0.2) is 45.9 Å². The van der Waals surface area contributed by atoms with Gasteiger partial charge in [-0.2, -0.15) is 0 Å². The van der Waals surface area contributed by atoms with Gasteiger partial charge in [0.1, 0.15) is 0 Å². The van der Waals surface area contributed by atoms with Gasteiger partial charge < -0.3 is 0 Å². The summed E-state index contributed by atoms with van der Waals surface area (Å²) in [6.45, 7) is 1.93. The van der Waals surface area contributed by atoms with Crippen molar-refractivity contribution in [2.75, 3.05) is 0 Å². The van der Waals surface area contributed by atoms with E-state index in [1.54, 1.807) is 24.3 Å². The van der Waals surface area contributed by atoms with E-state index in [4.69, 9.17) is 0 Å². The number of benzene rings is 1. The third kappa shape index (κ3) is 3.07. The van der Waals surface area contributed by atoms with Gasteiger partial charge in [-0.05, 0) is 0 Å². The van der Waals surface area contributed by atoms with Gasteiger partial charge in [-0.25, -0.2) is 0 Å². The van der Waals surface area contributed by atoms with Crippen LogP contribution in [0.4, 0.5) is 0 Å². The Hall–Kier alpha value is -1.27. The summed E-state index contributed by atoms with van der Waals surface area (Å²) in [5.41, 5.74) is 1.03. The van der Waals surface area contributed by atoms with E-state index in [0.29, 0.717) is 9.44 Å². The normalized spacial score (nSPS) is 13.8. The Bertz CT molecular complexity index is 752. The molecule has 2 rings (SSSR count). The molecule has 1 aromatic heterocycles. The van der Waals surface area contributed by atoms with E-state index < -0.39 is 10.0 Å². The van der Waals surface area contributed by atoms with Gasteiger partial charge >= 0.3 is 126 Å². The van der Waals surface area contributed by atoms with Crippen LogP contribution in [0, 0.1) is 6.92 Å². The first kappa shape index (κ1) is 15.1. The number of nitrogens with zero attached hydrogens (tertiary/aromatic N) is 3. The van der Waals surface area contributed by atoms with Gasteiger partial charge in [-0.3, -0.25) is 0 Å². The molecule has 0 saturated heterocycles. The zero-order chi connectivity index (χ0) is 14.9. The quantitative estimate of drug-likeness (QED) is 0.653. The van der Waals surface area contributed by atoms with E-state index >= 15 is 0 Å². The van der Waals surface area contributed by atoms with Gasteiger partial charge in [-0.15, -0.1) is 0 Å². The molecule has 7 heteroatoms. The first-order chi connectivity index (χ1) is 9.31. The van der Waals surface area contributed by atoms with E-state index in [2.05, 4.69) is 19.9 Å². The molecule has 106 valence electrons. The van der Waals surface area contributed by atoms with Crippen LogP contribution < -0.4 is 4.57 Å². The zero-order valence-corrected chi connectivity index (χ0v) is 14.0. The van der Waals surface area contributed by atoms with Gasteiger partial charge in [0.25, 0.3) is 0 Å². The predicted octanol–water partition coefficient (Wildman–Crippen LogP) is 0.805. The summed E-state index contributed by atoms with van der Waals surface area (Å²) < 4.78 is 30.5. The Labute approximate surface area is 126 Å². The summed E-state index contributed by atoms with van der Waals surface area (Å²) in [7, 11) is 0.253. The Morgan fingerprint density at radius 3 is 2.50 bits per heavy atom. The fourth-order valence-electron chi connectivity index (χ4n) is 1.81. The fraction of sp³-hybridized carbons (Fsp3) is 0.231. The molecule has 0 radical (unpaired) electrons. The molecule has 0 aliphatic rings. The Kier molecular flexibility index (Phi) is 4.25. The summed E-state index contributed by atoms with van der Waals surface area (Å²) in [6.07, 6.45) is 3.71. The van der Waals surface area contributed by atoms with Crippen molar-refractivity contribution in [1.82, 2.24) is 4.57 Å². The van der Waals surface area contributed by atoms with Crippen LogP contribution in [0.5, 0.6) is 0 Å². The summed E-state index contributed by atoms with van der Waals surface area (Å²) in [6, 6.07) is 6.84. The zero-order valence-electron chi connectivity index (χ0n) is 11.5. The molecule has 1 N–H and O–H groups in total. The topological polar surface area (TPSA) is 58.5 Å². The van der Waals surface area contributed by atoms with Crippen molar-refractivity contribution >= 4 is 30.1 Å². The van der Waals surface area contributed by atoms with Crippen molar-refractivity contribution in [3.63, 3.8) is 0 Å². The van der Waals surface area contributed by atoms with Crippen LogP contribution in [-0.4, -0.2) is 33.4 Å². The molecule has 0 fully saturated rings. The average Bonchev–Trinajstić information content (AvgIpc) is 2.69. The molecule has 0 amide bonds. The number of hydrogen-bond donors (Lipinski definition) is 1. The Morgan fingerprint density at radius 2 is 2.00 bits per heavy atom. The minimum absolute atomic E-state index is 0.299. The SMILES string of the molecule is Cc1ccc(S(=O)(O)=NC(=[Se])c2n(C)cc[n+]2C)cc1. The van der Waals surface area contributed by atoms with Crippen LogP contribution in [0.3, 0.4) is 0 Å². The van der Waals surface area contributed by atoms with Crippen molar-refractivity contribution in [3.8, 4) is 0 Å². The van der Waals surface area contributed by atoms with E-state index in [1.807, 2.05) is 42.5 Å². The second kappa shape index (κ2) is 5.61. The van der Waals surface area contributed by atoms with E-state index in [9.17, 15) is 8.76 Å². The number of hydrogen-bond acceptors (Lipinski definition) is 2. The average molecular weight is 357 g/mol. The monoisotopic (exact) mass is 358 g/mol. The molecule has 2 aromatic rings. The molecule has 1 aromatic carbocycles. The van der Waals surface area contributed by atoms with Crippen LogP contribution in [0.2, 0.25) is 0 Å². The first-order valence-corrected chi connectivity index (χ1v) is 8.25. The van der Waals surface area contributed by atoms with Crippen molar-refractivity contribution in [1.29, 1.82) is 0 Å².